The summed E-state index contributed by atoms with van der Waals surface area (Å²) >= 11 is 0. The molecule has 0 saturated heterocycles. The lowest BCUT2D eigenvalue weighted by atomic mass is 10.1. The maximum absolute atomic E-state index is 11.7. The van der Waals surface area contributed by atoms with Crippen LogP contribution in [0.2, 0.25) is 0 Å². The molecule has 0 spiro atoms. The van der Waals surface area contributed by atoms with E-state index in [1.165, 1.54) is 0 Å². The molecule has 5 nitrogen and oxygen atoms in total. The Morgan fingerprint density at radius 2 is 1.81 bits per heavy atom. The van der Waals surface area contributed by atoms with Crippen LogP contribution in [0.4, 0.5) is 5.69 Å². The molecule has 0 unspecified atom stereocenters. The van der Waals surface area contributed by atoms with E-state index in [9.17, 15) is 4.79 Å². The Bertz CT molecular complexity index is 892. The first-order valence-corrected chi connectivity index (χ1v) is 6.49. The number of nitrogens with zero attached hydrogens (tertiary/aromatic N) is 2. The molecule has 3 aromatic rings. The average molecular weight is 276 g/mol. The molecule has 0 radical (unpaired) electrons. The Balaban J connectivity index is 1.95. The maximum atomic E-state index is 11.7. The molecule has 2 aromatic carbocycles. The van der Waals surface area contributed by atoms with Crippen molar-refractivity contribution in [2.75, 3.05) is 5.32 Å². The second kappa shape index (κ2) is 5.47. The molecule has 3 rings (SSSR count). The maximum Gasteiger partial charge on any atom is 0.272 e. The molecule has 0 atom stereocenters. The minimum Gasteiger partial charge on any atom is -0.378 e. The molecule has 0 fully saturated rings. The van der Waals surface area contributed by atoms with Crippen LogP contribution in [0.5, 0.6) is 0 Å². The van der Waals surface area contributed by atoms with Gasteiger partial charge in [0.25, 0.3) is 5.56 Å². The van der Waals surface area contributed by atoms with Crippen LogP contribution < -0.4 is 10.9 Å². The van der Waals surface area contributed by atoms with Gasteiger partial charge in [0.2, 0.25) is 0 Å². The summed E-state index contributed by atoms with van der Waals surface area (Å²) in [6, 6.07) is 16.7. The number of fused-ring (bicyclic) bond motifs is 1. The molecular formula is C16H12N4O. The number of H-pyrrole nitrogens is 1. The van der Waals surface area contributed by atoms with Crippen molar-refractivity contribution in [1.29, 1.82) is 5.26 Å². The van der Waals surface area contributed by atoms with Gasteiger partial charge >= 0.3 is 0 Å². The summed E-state index contributed by atoms with van der Waals surface area (Å²) in [5, 5.41) is 20.3. The molecule has 5 heteroatoms. The Kier molecular flexibility index (Phi) is 3.36. The Morgan fingerprint density at radius 3 is 2.62 bits per heavy atom. The summed E-state index contributed by atoms with van der Waals surface area (Å²) in [5.41, 5.74) is 1.85. The number of para-hydroxylation sites is 1. The molecule has 0 aliphatic rings. The van der Waals surface area contributed by atoms with Crippen molar-refractivity contribution in [2.45, 2.75) is 6.54 Å². The lowest BCUT2D eigenvalue weighted by Crippen LogP contribution is -2.13. The van der Waals surface area contributed by atoms with E-state index in [1.807, 2.05) is 36.4 Å². The van der Waals surface area contributed by atoms with Gasteiger partial charge in [-0.25, -0.2) is 5.10 Å². The van der Waals surface area contributed by atoms with E-state index < -0.39 is 0 Å². The van der Waals surface area contributed by atoms with Crippen LogP contribution in [0.3, 0.4) is 0 Å². The van der Waals surface area contributed by atoms with Gasteiger partial charge in [-0.1, -0.05) is 30.3 Å². The first-order valence-electron chi connectivity index (χ1n) is 6.49. The molecule has 0 amide bonds. The number of nitriles is 1. The third-order valence-electron chi connectivity index (χ3n) is 3.27. The van der Waals surface area contributed by atoms with Gasteiger partial charge in [-0.15, -0.1) is 0 Å². The average Bonchev–Trinajstić information content (AvgIpc) is 2.55. The van der Waals surface area contributed by atoms with Crippen LogP contribution in [-0.2, 0) is 6.54 Å². The molecule has 2 N–H and O–H groups in total. The van der Waals surface area contributed by atoms with Crippen molar-refractivity contribution in [2.24, 2.45) is 0 Å². The summed E-state index contributed by atoms with van der Waals surface area (Å²) in [4.78, 5) is 11.7. The van der Waals surface area contributed by atoms with Gasteiger partial charge in [0.1, 0.15) is 6.07 Å². The highest BCUT2D eigenvalue weighted by atomic mass is 16.1. The molecule has 0 bridgehead atoms. The fraction of sp³-hybridized carbons (Fsp3) is 0.0625. The smallest absolute Gasteiger partial charge is 0.272 e. The van der Waals surface area contributed by atoms with Crippen LogP contribution in [0, 0.1) is 11.3 Å². The number of benzene rings is 2. The zero-order valence-corrected chi connectivity index (χ0v) is 11.1. The van der Waals surface area contributed by atoms with Crippen LogP contribution in [-0.4, -0.2) is 10.2 Å². The van der Waals surface area contributed by atoms with Crippen molar-refractivity contribution < 1.29 is 0 Å². The van der Waals surface area contributed by atoms with E-state index >= 15 is 0 Å². The molecule has 1 heterocycles. The lowest BCUT2D eigenvalue weighted by molar-refractivity contribution is 0.923. The van der Waals surface area contributed by atoms with Gasteiger partial charge in [0.15, 0.2) is 0 Å². The molecule has 1 aromatic heterocycles. The first-order chi connectivity index (χ1) is 10.3. The van der Waals surface area contributed by atoms with Crippen LogP contribution in [0.15, 0.2) is 53.3 Å². The van der Waals surface area contributed by atoms with Gasteiger partial charge in [-0.2, -0.15) is 10.4 Å². The van der Waals surface area contributed by atoms with Crippen molar-refractivity contribution in [1.82, 2.24) is 10.2 Å². The van der Waals surface area contributed by atoms with Gasteiger partial charge in [0, 0.05) is 5.39 Å². The molecule has 0 aliphatic carbocycles. The highest BCUT2D eigenvalue weighted by Crippen LogP contribution is 2.17. The van der Waals surface area contributed by atoms with Crippen LogP contribution >= 0.6 is 0 Å². The zero-order valence-electron chi connectivity index (χ0n) is 11.1. The predicted molar refractivity (Wildman–Crippen MR) is 80.8 cm³/mol. The first kappa shape index (κ1) is 12.9. The molecule has 102 valence electrons. The fourth-order valence-electron chi connectivity index (χ4n) is 2.22. The summed E-state index contributed by atoms with van der Waals surface area (Å²) in [5.74, 6) is 0. The Hall–Kier alpha value is -3.13. The number of hydrogen-bond donors (Lipinski definition) is 2. The topological polar surface area (TPSA) is 81.6 Å². The highest BCUT2D eigenvalue weighted by molar-refractivity contribution is 5.83. The molecule has 0 aliphatic heterocycles. The zero-order chi connectivity index (χ0) is 14.7. The number of aromatic amines is 1. The quantitative estimate of drug-likeness (QED) is 0.769. The van der Waals surface area contributed by atoms with Crippen molar-refractivity contribution >= 4 is 16.5 Å². The van der Waals surface area contributed by atoms with Gasteiger partial charge in [-0.3, -0.25) is 4.79 Å². The molecule has 21 heavy (non-hydrogen) atoms. The largest absolute Gasteiger partial charge is 0.378 e. The Labute approximate surface area is 120 Å². The summed E-state index contributed by atoms with van der Waals surface area (Å²) in [6.45, 7) is 0.427. The van der Waals surface area contributed by atoms with E-state index in [1.54, 1.807) is 12.1 Å². The number of nitrogens with one attached hydrogen (secondary N) is 2. The van der Waals surface area contributed by atoms with Crippen molar-refractivity contribution in [3.63, 3.8) is 0 Å². The third kappa shape index (κ3) is 2.47. The number of hydrogen-bond acceptors (Lipinski definition) is 4. The summed E-state index contributed by atoms with van der Waals surface area (Å²) in [6.07, 6.45) is 0. The lowest BCUT2D eigenvalue weighted by Gasteiger charge is -2.09. The third-order valence-corrected chi connectivity index (χ3v) is 3.27. The van der Waals surface area contributed by atoms with Crippen molar-refractivity contribution in [3.8, 4) is 6.07 Å². The number of anilines is 1. The predicted octanol–water partition coefficient (Wildman–Crippen LogP) is 2.41. The van der Waals surface area contributed by atoms with E-state index in [0.29, 0.717) is 17.5 Å². The molecular weight excluding hydrogens is 264 g/mol. The van der Waals surface area contributed by atoms with Crippen molar-refractivity contribution in [3.05, 3.63) is 70.1 Å². The standard InChI is InChI=1S/C16H12N4O/c17-9-11-5-1-4-8-14(11)18-10-15-12-6-2-3-7-13(12)16(21)20-19-15/h1-8,18H,10H2,(H,20,21). The number of aromatic nitrogens is 2. The minimum absolute atomic E-state index is 0.202. The van der Waals surface area contributed by atoms with Gasteiger partial charge < -0.3 is 5.32 Å². The highest BCUT2D eigenvalue weighted by Gasteiger charge is 2.06. The second-order valence-electron chi connectivity index (χ2n) is 4.56. The summed E-state index contributed by atoms with van der Waals surface area (Å²) < 4.78 is 0. The second-order valence-corrected chi connectivity index (χ2v) is 4.56. The number of rotatable bonds is 3. The van der Waals surface area contributed by atoms with E-state index in [0.717, 1.165) is 16.8 Å². The van der Waals surface area contributed by atoms with E-state index in [2.05, 4.69) is 21.6 Å². The fourth-order valence-corrected chi connectivity index (χ4v) is 2.22. The van der Waals surface area contributed by atoms with Crippen LogP contribution in [0.1, 0.15) is 11.3 Å². The van der Waals surface area contributed by atoms with E-state index in [4.69, 9.17) is 5.26 Å². The summed E-state index contributed by atoms with van der Waals surface area (Å²) in [7, 11) is 0. The van der Waals surface area contributed by atoms with Gasteiger partial charge in [0.05, 0.1) is 28.9 Å². The normalized spacial score (nSPS) is 10.2. The minimum atomic E-state index is -0.202. The molecule has 0 saturated carbocycles. The monoisotopic (exact) mass is 276 g/mol. The van der Waals surface area contributed by atoms with E-state index in [-0.39, 0.29) is 5.56 Å². The van der Waals surface area contributed by atoms with Crippen LogP contribution in [0.25, 0.3) is 10.8 Å². The Morgan fingerprint density at radius 1 is 1.10 bits per heavy atom. The SMILES string of the molecule is N#Cc1ccccc1NCc1n[nH]c(=O)c2ccccc12. The van der Waals surface area contributed by atoms with Gasteiger partial charge in [-0.05, 0) is 18.2 Å².